The highest BCUT2D eigenvalue weighted by molar-refractivity contribution is 7.98. The first-order valence-corrected chi connectivity index (χ1v) is 13.3. The maximum absolute atomic E-state index is 4.66. The van der Waals surface area contributed by atoms with Crippen molar-refractivity contribution < 1.29 is 0 Å². The molecule has 0 N–H and O–H groups in total. The van der Waals surface area contributed by atoms with Gasteiger partial charge in [-0.25, -0.2) is 9.97 Å². The van der Waals surface area contributed by atoms with Crippen LogP contribution in [0.25, 0.3) is 24.3 Å². The average Bonchev–Trinajstić information content (AvgIpc) is 2.89. The lowest BCUT2D eigenvalue weighted by molar-refractivity contribution is 0.866. The largest absolute Gasteiger partial charge is 0.372 e. The van der Waals surface area contributed by atoms with Crippen LogP contribution in [0.4, 0.5) is 11.4 Å². The fourth-order valence-electron chi connectivity index (χ4n) is 3.86. The van der Waals surface area contributed by atoms with Gasteiger partial charge in [-0.15, -0.1) is 0 Å². The van der Waals surface area contributed by atoms with E-state index in [1.165, 1.54) is 11.4 Å². The van der Waals surface area contributed by atoms with Gasteiger partial charge in [0, 0.05) is 37.6 Å². The van der Waals surface area contributed by atoms with Crippen molar-refractivity contribution in [3.8, 4) is 0 Å². The lowest BCUT2D eigenvalue weighted by Gasteiger charge is -2.20. The first kappa shape index (κ1) is 25.6. The van der Waals surface area contributed by atoms with Crippen molar-refractivity contribution in [1.29, 1.82) is 0 Å². The van der Waals surface area contributed by atoms with Crippen molar-refractivity contribution in [2.45, 2.75) is 32.9 Å². The minimum absolute atomic E-state index is 0.774. The molecule has 0 radical (unpaired) electrons. The van der Waals surface area contributed by atoms with Crippen molar-refractivity contribution in [1.82, 2.24) is 9.97 Å². The third-order valence-electron chi connectivity index (χ3n) is 5.86. The normalized spacial score (nSPS) is 11.4. The predicted octanol–water partition coefficient (Wildman–Crippen LogP) is 7.23. The van der Waals surface area contributed by atoms with Gasteiger partial charge >= 0.3 is 0 Å². The highest BCUT2D eigenvalue weighted by Crippen LogP contribution is 2.19. The van der Waals surface area contributed by atoms with E-state index in [1.807, 2.05) is 12.3 Å². The quantitative estimate of drug-likeness (QED) is 0.217. The van der Waals surface area contributed by atoms with E-state index in [1.54, 1.807) is 11.8 Å². The van der Waals surface area contributed by atoms with Crippen LogP contribution in [-0.2, 0) is 0 Å². The maximum Gasteiger partial charge on any atom is 0.188 e. The van der Waals surface area contributed by atoms with Crippen LogP contribution in [0.2, 0.25) is 0 Å². The van der Waals surface area contributed by atoms with Crippen LogP contribution in [0, 0.1) is 0 Å². The molecule has 0 spiro atoms. The van der Waals surface area contributed by atoms with Gasteiger partial charge in [-0.2, -0.15) is 0 Å². The molecule has 178 valence electrons. The number of hydrogen-bond donors (Lipinski definition) is 0. The summed E-state index contributed by atoms with van der Waals surface area (Å²) in [7, 11) is 0. The van der Waals surface area contributed by atoms with Crippen LogP contribution in [0.1, 0.15) is 50.2 Å². The van der Waals surface area contributed by atoms with Gasteiger partial charge in [0.05, 0.1) is 11.4 Å². The van der Waals surface area contributed by atoms with Crippen molar-refractivity contribution in [2.24, 2.45) is 0 Å². The monoisotopic (exact) mass is 472 g/mol. The molecular weight excluding hydrogens is 436 g/mol. The van der Waals surface area contributed by atoms with E-state index < -0.39 is 0 Å². The highest BCUT2D eigenvalue weighted by atomic mass is 32.2. The number of nitrogens with zero attached hydrogens (tertiary/aromatic N) is 4. The van der Waals surface area contributed by atoms with Crippen molar-refractivity contribution in [3.05, 3.63) is 77.1 Å². The molecular formula is C29H36N4S. The molecule has 3 rings (SSSR count). The van der Waals surface area contributed by atoms with Crippen LogP contribution in [0.3, 0.4) is 0 Å². The first-order chi connectivity index (χ1) is 16.6. The molecule has 0 aliphatic heterocycles. The predicted molar refractivity (Wildman–Crippen MR) is 152 cm³/mol. The number of thioether (sulfide) groups is 1. The summed E-state index contributed by atoms with van der Waals surface area (Å²) in [5.41, 5.74) is 6.64. The minimum atomic E-state index is 0.774. The molecule has 1 aromatic heterocycles. The number of hydrogen-bond acceptors (Lipinski definition) is 5. The molecule has 4 nitrogen and oxygen atoms in total. The second-order valence-corrected chi connectivity index (χ2v) is 8.67. The van der Waals surface area contributed by atoms with Gasteiger partial charge in [0.1, 0.15) is 0 Å². The SMILES string of the molecule is CCN(CC)c1ccc(/C=C/c2cc(/C=C/c3ccc(N(CC)CC)cc3)nc(SC)n2)cc1. The van der Waals surface area contributed by atoms with Gasteiger partial charge in [-0.3, -0.25) is 0 Å². The Kier molecular flexibility index (Phi) is 9.77. The summed E-state index contributed by atoms with van der Waals surface area (Å²) in [4.78, 5) is 14.0. The van der Waals surface area contributed by atoms with Gasteiger partial charge in [0.2, 0.25) is 0 Å². The number of rotatable bonds is 11. The summed E-state index contributed by atoms with van der Waals surface area (Å²) in [5.74, 6) is 0. The van der Waals surface area contributed by atoms with E-state index in [0.29, 0.717) is 0 Å². The van der Waals surface area contributed by atoms with Crippen LogP contribution >= 0.6 is 11.8 Å². The molecule has 0 bridgehead atoms. The van der Waals surface area contributed by atoms with E-state index in [4.69, 9.17) is 0 Å². The summed E-state index contributed by atoms with van der Waals surface area (Å²) in [5, 5.41) is 0.774. The zero-order valence-electron chi connectivity index (χ0n) is 21.0. The van der Waals surface area contributed by atoms with Gasteiger partial charge < -0.3 is 9.80 Å². The Hall–Kier alpha value is -3.05. The molecule has 0 amide bonds. The lowest BCUT2D eigenvalue weighted by atomic mass is 10.1. The Morgan fingerprint density at radius 2 is 1.00 bits per heavy atom. The third kappa shape index (κ3) is 6.97. The van der Waals surface area contributed by atoms with Crippen LogP contribution in [0.15, 0.2) is 59.8 Å². The highest BCUT2D eigenvalue weighted by Gasteiger charge is 2.03. The molecule has 1 heterocycles. The standard InChI is InChI=1S/C29H36N4S/c1-6-32(7-2)27-18-12-23(13-19-27)10-16-25-22-26(31-29(30-25)34-5)17-11-24-14-20-28(21-15-24)33(8-3)9-4/h10-22H,6-9H2,1-5H3/b16-10+,17-11+. The summed E-state index contributed by atoms with van der Waals surface area (Å²) >= 11 is 1.56. The van der Waals surface area contributed by atoms with Crippen LogP contribution in [0.5, 0.6) is 0 Å². The molecule has 0 unspecified atom stereocenters. The van der Waals surface area contributed by atoms with Crippen molar-refractivity contribution in [3.63, 3.8) is 0 Å². The molecule has 2 aromatic carbocycles. The van der Waals surface area contributed by atoms with E-state index in [2.05, 4.69) is 120 Å². The molecule has 0 atom stereocenters. The molecule has 0 aliphatic carbocycles. The molecule has 0 fully saturated rings. The first-order valence-electron chi connectivity index (χ1n) is 12.1. The molecule has 3 aromatic rings. The summed E-state index contributed by atoms with van der Waals surface area (Å²) in [6, 6.07) is 19.4. The lowest BCUT2D eigenvalue weighted by Crippen LogP contribution is -2.21. The topological polar surface area (TPSA) is 32.3 Å². The Morgan fingerprint density at radius 3 is 1.32 bits per heavy atom. The number of benzene rings is 2. The second-order valence-electron chi connectivity index (χ2n) is 7.90. The van der Waals surface area contributed by atoms with Crippen molar-refractivity contribution >= 4 is 47.4 Å². The molecule has 5 heteroatoms. The summed E-state index contributed by atoms with van der Waals surface area (Å²) < 4.78 is 0. The fraction of sp³-hybridized carbons (Fsp3) is 0.310. The second kappa shape index (κ2) is 13.0. The smallest absolute Gasteiger partial charge is 0.188 e. The zero-order valence-corrected chi connectivity index (χ0v) is 21.8. The minimum Gasteiger partial charge on any atom is -0.372 e. The summed E-state index contributed by atoms with van der Waals surface area (Å²) in [6.45, 7) is 12.8. The van der Waals surface area contributed by atoms with E-state index >= 15 is 0 Å². The molecule has 0 saturated heterocycles. The number of aromatic nitrogens is 2. The van der Waals surface area contributed by atoms with E-state index in [9.17, 15) is 0 Å². The molecule has 0 saturated carbocycles. The maximum atomic E-state index is 4.66. The van der Waals surface area contributed by atoms with Crippen molar-refractivity contribution in [2.75, 3.05) is 42.2 Å². The Labute approximate surface area is 209 Å². The zero-order chi connectivity index (χ0) is 24.3. The molecule has 34 heavy (non-hydrogen) atoms. The number of anilines is 2. The Morgan fingerprint density at radius 1 is 0.618 bits per heavy atom. The van der Waals surface area contributed by atoms with Crippen LogP contribution < -0.4 is 9.80 Å². The Bertz CT molecular complexity index is 996. The molecule has 0 aliphatic rings. The van der Waals surface area contributed by atoms with Gasteiger partial charge in [-0.05, 0) is 87.6 Å². The van der Waals surface area contributed by atoms with Gasteiger partial charge in [-0.1, -0.05) is 48.2 Å². The third-order valence-corrected chi connectivity index (χ3v) is 6.41. The summed E-state index contributed by atoms with van der Waals surface area (Å²) in [6.07, 6.45) is 10.3. The van der Waals surface area contributed by atoms with Gasteiger partial charge in [0.15, 0.2) is 5.16 Å². The Balaban J connectivity index is 1.75. The fourth-order valence-corrected chi connectivity index (χ4v) is 4.25. The van der Waals surface area contributed by atoms with Gasteiger partial charge in [0.25, 0.3) is 0 Å². The van der Waals surface area contributed by atoms with E-state index in [0.717, 1.165) is 53.9 Å². The average molecular weight is 473 g/mol. The van der Waals surface area contributed by atoms with Crippen LogP contribution in [-0.4, -0.2) is 42.4 Å². The van der Waals surface area contributed by atoms with E-state index in [-0.39, 0.29) is 0 Å².